The Hall–Kier alpha value is -2.14. The third-order valence-corrected chi connectivity index (χ3v) is 2.96. The molecule has 1 heterocycles. The lowest BCUT2D eigenvalue weighted by atomic mass is 10.2. The van der Waals surface area contributed by atoms with Gasteiger partial charge in [0.1, 0.15) is 0 Å². The van der Waals surface area contributed by atoms with Gasteiger partial charge in [0.25, 0.3) is 0 Å². The zero-order valence-electron chi connectivity index (χ0n) is 10.5. The van der Waals surface area contributed by atoms with E-state index in [9.17, 15) is 4.79 Å². The molecule has 0 aliphatic carbocycles. The van der Waals surface area contributed by atoms with Gasteiger partial charge in [0.2, 0.25) is 0 Å². The van der Waals surface area contributed by atoms with E-state index in [1.54, 1.807) is 12.3 Å². The number of hydrogen-bond acceptors (Lipinski definition) is 3. The smallest absolute Gasteiger partial charge is 0.309 e. The van der Waals surface area contributed by atoms with E-state index in [1.165, 1.54) is 7.11 Å². The van der Waals surface area contributed by atoms with Gasteiger partial charge < -0.3 is 9.72 Å². The van der Waals surface area contributed by atoms with Crippen molar-refractivity contribution in [2.24, 2.45) is 0 Å². The molecule has 19 heavy (non-hydrogen) atoms. The van der Waals surface area contributed by atoms with E-state index in [-0.39, 0.29) is 12.4 Å². The number of carbonyl (C=O) groups excluding carboxylic acids is 1. The fraction of sp³-hybridized carbons (Fsp3) is 0.143. The molecular formula is C14H14N2O2S. The topological polar surface area (TPSA) is 47.0 Å². The maximum Gasteiger partial charge on any atom is 0.309 e. The first kappa shape index (κ1) is 13.3. The van der Waals surface area contributed by atoms with E-state index >= 15 is 0 Å². The van der Waals surface area contributed by atoms with Crippen molar-refractivity contribution in [3.63, 3.8) is 0 Å². The highest BCUT2D eigenvalue weighted by atomic mass is 32.1. The maximum atomic E-state index is 11.0. The van der Waals surface area contributed by atoms with Gasteiger partial charge in [-0.2, -0.15) is 0 Å². The molecule has 1 N–H and O–H groups in total. The summed E-state index contributed by atoms with van der Waals surface area (Å²) in [5.41, 5.74) is 2.02. The van der Waals surface area contributed by atoms with E-state index in [0.717, 1.165) is 11.3 Å². The molecule has 0 amide bonds. The minimum Gasteiger partial charge on any atom is -0.469 e. The van der Waals surface area contributed by atoms with Crippen molar-refractivity contribution in [1.29, 1.82) is 0 Å². The van der Waals surface area contributed by atoms with Crippen LogP contribution in [0.5, 0.6) is 0 Å². The first-order chi connectivity index (χ1) is 9.20. The lowest BCUT2D eigenvalue weighted by Gasteiger charge is -2.02. The Morgan fingerprint density at radius 2 is 2.16 bits per heavy atom. The molecule has 1 aromatic carbocycles. The molecule has 5 heteroatoms. The normalized spacial score (nSPS) is 10.8. The summed E-state index contributed by atoms with van der Waals surface area (Å²) in [6.45, 7) is 0. The standard InChI is InChI=1S/C14H14N2O2S/c1-18-13(17)4-2-3-11-5-7-12(8-6-11)16-10-9-15-14(16)19/h2-3,5-10H,4H2,1H3,(H,15,19). The van der Waals surface area contributed by atoms with Crippen LogP contribution in [0.1, 0.15) is 12.0 Å². The monoisotopic (exact) mass is 274 g/mol. The van der Waals surface area contributed by atoms with Crippen LogP contribution in [-0.2, 0) is 9.53 Å². The average Bonchev–Trinajstić information content (AvgIpc) is 2.85. The molecule has 0 saturated carbocycles. The van der Waals surface area contributed by atoms with Crippen LogP contribution in [0, 0.1) is 4.77 Å². The highest BCUT2D eigenvalue weighted by Gasteiger charge is 1.97. The van der Waals surface area contributed by atoms with Crippen LogP contribution in [0.4, 0.5) is 0 Å². The number of aromatic nitrogens is 2. The van der Waals surface area contributed by atoms with Crippen molar-refractivity contribution in [3.8, 4) is 5.69 Å². The summed E-state index contributed by atoms with van der Waals surface area (Å²) >= 11 is 5.15. The molecule has 1 aromatic heterocycles. The number of methoxy groups -OCH3 is 1. The van der Waals surface area contributed by atoms with Gasteiger partial charge >= 0.3 is 5.97 Å². The number of carbonyl (C=O) groups is 1. The lowest BCUT2D eigenvalue weighted by Crippen LogP contribution is -1.96. The number of rotatable bonds is 4. The van der Waals surface area contributed by atoms with Crippen molar-refractivity contribution in [2.75, 3.05) is 7.11 Å². The summed E-state index contributed by atoms with van der Waals surface area (Å²) in [7, 11) is 1.38. The number of benzene rings is 1. The van der Waals surface area contributed by atoms with Gasteiger partial charge in [-0.25, -0.2) is 0 Å². The van der Waals surface area contributed by atoms with Gasteiger partial charge in [-0.05, 0) is 29.9 Å². The van der Waals surface area contributed by atoms with Crippen molar-refractivity contribution in [1.82, 2.24) is 9.55 Å². The molecule has 2 rings (SSSR count). The molecule has 0 bridgehead atoms. The number of imidazole rings is 1. The molecule has 4 nitrogen and oxygen atoms in total. The molecule has 2 aromatic rings. The molecule has 0 fully saturated rings. The fourth-order valence-electron chi connectivity index (χ4n) is 1.64. The number of H-pyrrole nitrogens is 1. The Kier molecular flexibility index (Phi) is 4.30. The number of ether oxygens (including phenoxy) is 1. The summed E-state index contributed by atoms with van der Waals surface area (Å²) in [5, 5.41) is 0. The summed E-state index contributed by atoms with van der Waals surface area (Å²) in [6.07, 6.45) is 7.62. The first-order valence-corrected chi connectivity index (χ1v) is 6.21. The SMILES string of the molecule is COC(=O)CC=Cc1ccc(-n2cc[nH]c2=S)cc1. The largest absolute Gasteiger partial charge is 0.469 e. The van der Waals surface area contributed by atoms with E-state index in [1.807, 2.05) is 41.1 Å². The van der Waals surface area contributed by atoms with Gasteiger partial charge in [-0.3, -0.25) is 9.36 Å². The molecule has 0 unspecified atom stereocenters. The van der Waals surface area contributed by atoms with Crippen molar-refractivity contribution < 1.29 is 9.53 Å². The molecule has 0 aliphatic heterocycles. The molecule has 0 aliphatic rings. The molecule has 98 valence electrons. The Balaban J connectivity index is 2.09. The fourth-order valence-corrected chi connectivity index (χ4v) is 1.88. The van der Waals surface area contributed by atoms with Crippen LogP contribution in [0.25, 0.3) is 11.8 Å². The predicted molar refractivity (Wildman–Crippen MR) is 76.6 cm³/mol. The maximum absolute atomic E-state index is 11.0. The van der Waals surface area contributed by atoms with E-state index < -0.39 is 0 Å². The van der Waals surface area contributed by atoms with E-state index in [2.05, 4.69) is 9.72 Å². The summed E-state index contributed by atoms with van der Waals surface area (Å²) in [5.74, 6) is -0.244. The molecule has 0 saturated heterocycles. The van der Waals surface area contributed by atoms with Crippen LogP contribution >= 0.6 is 12.2 Å². The number of hydrogen-bond donors (Lipinski definition) is 1. The average molecular weight is 274 g/mol. The van der Waals surface area contributed by atoms with Gasteiger partial charge in [-0.15, -0.1) is 0 Å². The summed E-state index contributed by atoms with van der Waals surface area (Å²) in [6, 6.07) is 7.89. The second-order valence-electron chi connectivity index (χ2n) is 3.91. The van der Waals surface area contributed by atoms with Crippen molar-refractivity contribution in [2.45, 2.75) is 6.42 Å². The zero-order valence-corrected chi connectivity index (χ0v) is 11.3. The number of nitrogens with one attached hydrogen (secondary N) is 1. The van der Waals surface area contributed by atoms with Gasteiger partial charge in [-0.1, -0.05) is 24.3 Å². The van der Waals surface area contributed by atoms with Gasteiger partial charge in [0.15, 0.2) is 4.77 Å². The van der Waals surface area contributed by atoms with Crippen molar-refractivity contribution >= 4 is 24.3 Å². The summed E-state index contributed by atoms with van der Waals surface area (Å²) in [4.78, 5) is 13.9. The molecular weight excluding hydrogens is 260 g/mol. The van der Waals surface area contributed by atoms with Gasteiger partial charge in [0, 0.05) is 18.1 Å². The Bertz CT molecular complexity index is 638. The molecule has 0 spiro atoms. The third-order valence-electron chi connectivity index (χ3n) is 2.64. The Morgan fingerprint density at radius 1 is 1.42 bits per heavy atom. The van der Waals surface area contributed by atoms with Crippen LogP contribution in [0.3, 0.4) is 0 Å². The number of esters is 1. The Morgan fingerprint density at radius 3 is 2.74 bits per heavy atom. The predicted octanol–water partition coefficient (Wildman–Crippen LogP) is 3.11. The minimum atomic E-state index is -0.244. The first-order valence-electron chi connectivity index (χ1n) is 5.80. The third kappa shape index (κ3) is 3.42. The number of aromatic amines is 1. The quantitative estimate of drug-likeness (QED) is 0.688. The van der Waals surface area contributed by atoms with E-state index in [0.29, 0.717) is 4.77 Å². The minimum absolute atomic E-state index is 0.244. The van der Waals surface area contributed by atoms with E-state index in [4.69, 9.17) is 12.2 Å². The van der Waals surface area contributed by atoms with Crippen LogP contribution < -0.4 is 0 Å². The highest BCUT2D eigenvalue weighted by molar-refractivity contribution is 7.71. The zero-order chi connectivity index (χ0) is 13.7. The second-order valence-corrected chi connectivity index (χ2v) is 4.30. The summed E-state index contributed by atoms with van der Waals surface area (Å²) < 4.78 is 7.11. The van der Waals surface area contributed by atoms with Crippen LogP contribution in [0.15, 0.2) is 42.7 Å². The second kappa shape index (κ2) is 6.15. The van der Waals surface area contributed by atoms with Crippen molar-refractivity contribution in [3.05, 3.63) is 53.1 Å². The molecule has 0 radical (unpaired) electrons. The number of nitrogens with zero attached hydrogens (tertiary/aromatic N) is 1. The highest BCUT2D eigenvalue weighted by Crippen LogP contribution is 2.11. The lowest BCUT2D eigenvalue weighted by molar-refractivity contribution is -0.139. The van der Waals surface area contributed by atoms with Gasteiger partial charge in [0.05, 0.1) is 13.5 Å². The molecule has 0 atom stereocenters. The van der Waals surface area contributed by atoms with Crippen LogP contribution in [0.2, 0.25) is 0 Å². The Labute approximate surface area is 116 Å². The van der Waals surface area contributed by atoms with Crippen LogP contribution in [-0.4, -0.2) is 22.6 Å².